The van der Waals surface area contributed by atoms with Gasteiger partial charge in [-0.25, -0.2) is 0 Å². The molecular weight excluding hydrogens is 236 g/mol. The van der Waals surface area contributed by atoms with Crippen molar-refractivity contribution in [1.82, 2.24) is 14.7 Å². The van der Waals surface area contributed by atoms with Gasteiger partial charge in [0.25, 0.3) is 0 Å². The van der Waals surface area contributed by atoms with Crippen LogP contribution in [-0.4, -0.2) is 69.0 Å². The SMILES string of the molecule is CN(CCN=C(N(C)C)N(C)C)Cc1ccccc1. The maximum atomic E-state index is 4.63. The molecule has 0 aliphatic heterocycles. The third-order valence-electron chi connectivity index (χ3n) is 2.83. The highest BCUT2D eigenvalue weighted by atomic mass is 15.3. The first-order valence-electron chi connectivity index (χ1n) is 6.62. The number of nitrogens with zero attached hydrogens (tertiary/aromatic N) is 4. The number of rotatable bonds is 5. The van der Waals surface area contributed by atoms with Crippen molar-refractivity contribution in [3.05, 3.63) is 35.9 Å². The molecule has 0 atom stereocenters. The third kappa shape index (κ3) is 5.75. The number of hydrogen-bond acceptors (Lipinski definition) is 2. The van der Waals surface area contributed by atoms with Gasteiger partial charge in [-0.2, -0.15) is 0 Å². The maximum Gasteiger partial charge on any atom is 0.195 e. The molecule has 0 aromatic heterocycles. The summed E-state index contributed by atoms with van der Waals surface area (Å²) in [6.07, 6.45) is 0. The standard InChI is InChI=1S/C15H26N4/c1-17(2)15(18(3)4)16-11-12-19(5)13-14-9-7-6-8-10-14/h6-10H,11-13H2,1-5H3. The Morgan fingerprint density at radius 1 is 0.947 bits per heavy atom. The van der Waals surface area contributed by atoms with E-state index in [1.807, 2.05) is 44.1 Å². The van der Waals surface area contributed by atoms with Crippen molar-refractivity contribution >= 4 is 5.96 Å². The van der Waals surface area contributed by atoms with Crippen molar-refractivity contribution < 1.29 is 0 Å². The van der Waals surface area contributed by atoms with Crippen molar-refractivity contribution in [2.24, 2.45) is 4.99 Å². The van der Waals surface area contributed by atoms with E-state index in [0.717, 1.165) is 25.6 Å². The first kappa shape index (κ1) is 15.5. The Hall–Kier alpha value is -1.55. The van der Waals surface area contributed by atoms with Crippen LogP contribution >= 0.6 is 0 Å². The van der Waals surface area contributed by atoms with E-state index in [0.29, 0.717) is 0 Å². The number of guanidine groups is 1. The van der Waals surface area contributed by atoms with Crippen molar-refractivity contribution in [1.29, 1.82) is 0 Å². The highest BCUT2D eigenvalue weighted by Gasteiger charge is 2.04. The van der Waals surface area contributed by atoms with Gasteiger partial charge in [0, 0.05) is 41.3 Å². The Kier molecular flexibility index (Phi) is 6.36. The molecule has 1 rings (SSSR count). The molecule has 1 aromatic carbocycles. The van der Waals surface area contributed by atoms with E-state index in [1.165, 1.54) is 5.56 Å². The second kappa shape index (κ2) is 7.79. The number of hydrogen-bond donors (Lipinski definition) is 0. The molecule has 0 heterocycles. The summed E-state index contributed by atoms with van der Waals surface area (Å²) in [6, 6.07) is 10.5. The van der Waals surface area contributed by atoms with Crippen LogP contribution < -0.4 is 0 Å². The lowest BCUT2D eigenvalue weighted by molar-refractivity contribution is 0.335. The molecule has 0 spiro atoms. The van der Waals surface area contributed by atoms with Crippen LogP contribution in [0.25, 0.3) is 0 Å². The normalized spacial score (nSPS) is 10.4. The molecule has 4 heteroatoms. The Morgan fingerprint density at radius 2 is 1.53 bits per heavy atom. The monoisotopic (exact) mass is 262 g/mol. The summed E-state index contributed by atoms with van der Waals surface area (Å²) in [5.74, 6) is 1.01. The molecule has 0 bridgehead atoms. The maximum absolute atomic E-state index is 4.63. The van der Waals surface area contributed by atoms with E-state index in [2.05, 4.69) is 41.2 Å². The number of benzene rings is 1. The first-order valence-corrected chi connectivity index (χ1v) is 6.62. The molecule has 106 valence electrons. The molecule has 0 aliphatic rings. The fraction of sp³-hybridized carbons (Fsp3) is 0.533. The second-order valence-electron chi connectivity index (χ2n) is 5.19. The summed E-state index contributed by atoms with van der Waals surface area (Å²) in [4.78, 5) is 11.0. The Labute approximate surface area is 117 Å². The van der Waals surface area contributed by atoms with Gasteiger partial charge in [0.1, 0.15) is 0 Å². The predicted octanol–water partition coefficient (Wildman–Crippen LogP) is 1.60. The lowest BCUT2D eigenvalue weighted by atomic mass is 10.2. The van der Waals surface area contributed by atoms with Crippen LogP contribution in [0.3, 0.4) is 0 Å². The molecule has 0 amide bonds. The summed E-state index contributed by atoms with van der Waals surface area (Å²) in [7, 11) is 10.2. The first-order chi connectivity index (χ1) is 9.00. The summed E-state index contributed by atoms with van der Waals surface area (Å²) in [6.45, 7) is 2.74. The number of aliphatic imine (C=N–C) groups is 1. The molecule has 0 aliphatic carbocycles. The minimum atomic E-state index is 0.815. The molecule has 1 aromatic rings. The van der Waals surface area contributed by atoms with E-state index in [4.69, 9.17) is 0 Å². The molecular formula is C15H26N4. The molecule has 4 nitrogen and oxygen atoms in total. The van der Waals surface area contributed by atoms with Gasteiger partial charge in [0.05, 0.1) is 6.54 Å². The fourth-order valence-corrected chi connectivity index (χ4v) is 1.98. The molecule has 0 fully saturated rings. The zero-order chi connectivity index (χ0) is 14.3. The van der Waals surface area contributed by atoms with Crippen molar-refractivity contribution in [2.45, 2.75) is 6.54 Å². The van der Waals surface area contributed by atoms with Gasteiger partial charge in [-0.3, -0.25) is 4.99 Å². The van der Waals surface area contributed by atoms with Gasteiger partial charge < -0.3 is 14.7 Å². The lowest BCUT2D eigenvalue weighted by Crippen LogP contribution is -2.36. The Balaban J connectivity index is 2.42. The van der Waals surface area contributed by atoms with Crippen LogP contribution in [0.4, 0.5) is 0 Å². The van der Waals surface area contributed by atoms with Gasteiger partial charge in [0.2, 0.25) is 0 Å². The van der Waals surface area contributed by atoms with E-state index in [9.17, 15) is 0 Å². The van der Waals surface area contributed by atoms with Crippen LogP contribution in [-0.2, 0) is 6.54 Å². The van der Waals surface area contributed by atoms with Gasteiger partial charge in [-0.1, -0.05) is 30.3 Å². The molecule has 0 saturated heterocycles. The van der Waals surface area contributed by atoms with Gasteiger partial charge in [0.15, 0.2) is 5.96 Å². The lowest BCUT2D eigenvalue weighted by Gasteiger charge is -2.23. The van der Waals surface area contributed by atoms with Crippen LogP contribution in [0.2, 0.25) is 0 Å². The van der Waals surface area contributed by atoms with Crippen LogP contribution in [0.1, 0.15) is 5.56 Å². The predicted molar refractivity (Wildman–Crippen MR) is 82.5 cm³/mol. The van der Waals surface area contributed by atoms with E-state index < -0.39 is 0 Å². The highest BCUT2D eigenvalue weighted by Crippen LogP contribution is 2.02. The average molecular weight is 262 g/mol. The quantitative estimate of drug-likeness (QED) is 0.594. The third-order valence-corrected chi connectivity index (χ3v) is 2.83. The van der Waals surface area contributed by atoms with Gasteiger partial charge in [-0.15, -0.1) is 0 Å². The van der Waals surface area contributed by atoms with Gasteiger partial charge >= 0.3 is 0 Å². The molecule has 19 heavy (non-hydrogen) atoms. The fourth-order valence-electron chi connectivity index (χ4n) is 1.98. The smallest absolute Gasteiger partial charge is 0.195 e. The second-order valence-corrected chi connectivity index (χ2v) is 5.19. The molecule has 0 saturated carbocycles. The summed E-state index contributed by atoms with van der Waals surface area (Å²) in [5, 5.41) is 0. The molecule has 0 N–H and O–H groups in total. The number of likely N-dealkylation sites (N-methyl/N-ethyl adjacent to an activating group) is 1. The van der Waals surface area contributed by atoms with Crippen LogP contribution in [0.5, 0.6) is 0 Å². The van der Waals surface area contributed by atoms with Crippen LogP contribution in [0.15, 0.2) is 35.3 Å². The minimum Gasteiger partial charge on any atom is -0.349 e. The highest BCUT2D eigenvalue weighted by molar-refractivity contribution is 5.79. The average Bonchev–Trinajstić information content (AvgIpc) is 2.34. The van der Waals surface area contributed by atoms with E-state index in [-0.39, 0.29) is 0 Å². The van der Waals surface area contributed by atoms with Crippen molar-refractivity contribution in [2.75, 3.05) is 48.3 Å². The van der Waals surface area contributed by atoms with Crippen molar-refractivity contribution in [3.8, 4) is 0 Å². The van der Waals surface area contributed by atoms with E-state index >= 15 is 0 Å². The van der Waals surface area contributed by atoms with E-state index in [1.54, 1.807) is 0 Å². The summed E-state index contributed by atoms with van der Waals surface area (Å²) in [5.41, 5.74) is 1.34. The summed E-state index contributed by atoms with van der Waals surface area (Å²) < 4.78 is 0. The Bertz CT molecular complexity index is 374. The zero-order valence-electron chi connectivity index (χ0n) is 12.8. The largest absolute Gasteiger partial charge is 0.349 e. The van der Waals surface area contributed by atoms with Crippen molar-refractivity contribution in [3.63, 3.8) is 0 Å². The van der Waals surface area contributed by atoms with Crippen LogP contribution in [0, 0.1) is 0 Å². The topological polar surface area (TPSA) is 22.1 Å². The zero-order valence-corrected chi connectivity index (χ0v) is 12.8. The molecule has 0 radical (unpaired) electrons. The molecule has 0 unspecified atom stereocenters. The minimum absolute atomic E-state index is 0.815. The summed E-state index contributed by atoms with van der Waals surface area (Å²) >= 11 is 0. The van der Waals surface area contributed by atoms with Gasteiger partial charge in [-0.05, 0) is 12.6 Å². The Morgan fingerprint density at radius 3 is 2.05 bits per heavy atom.